The number of nitrogens with one attached hydrogen (secondary N) is 1. The molecule has 2 atom stereocenters. The van der Waals surface area contributed by atoms with E-state index in [1.807, 2.05) is 0 Å². The number of aliphatic hydroxyl groups is 1. The average molecular weight is 274 g/mol. The van der Waals surface area contributed by atoms with E-state index in [1.54, 1.807) is 17.8 Å². The van der Waals surface area contributed by atoms with Crippen LogP contribution in [0.5, 0.6) is 0 Å². The van der Waals surface area contributed by atoms with E-state index in [0.29, 0.717) is 6.54 Å². The number of carbonyl (C=O) groups excluding carboxylic acids is 1. The number of hydrogen-bond donors (Lipinski definition) is 3. The number of rotatable bonds is 6. The Hall–Kier alpha value is -1.21. The molecule has 6 nitrogen and oxygen atoms in total. The van der Waals surface area contributed by atoms with Crippen molar-refractivity contribution in [3.05, 3.63) is 12.7 Å². The molecule has 1 heterocycles. The first kappa shape index (κ1) is 14.8. The molecule has 1 rings (SSSR count). The highest BCUT2D eigenvalue weighted by atomic mass is 32.2. The molecule has 0 aromatic carbocycles. The van der Waals surface area contributed by atoms with Crippen molar-refractivity contribution in [1.29, 1.82) is 0 Å². The first-order valence-electron chi connectivity index (χ1n) is 5.70. The third-order valence-electron chi connectivity index (χ3n) is 2.58. The molecule has 0 aromatic heterocycles. The molecule has 1 fully saturated rings. The van der Waals surface area contributed by atoms with Gasteiger partial charge in [-0.05, 0) is 0 Å². The number of aliphatic hydroxyl groups excluding tert-OH is 1. The van der Waals surface area contributed by atoms with E-state index in [1.165, 1.54) is 4.90 Å². The number of urea groups is 1. The summed E-state index contributed by atoms with van der Waals surface area (Å²) in [5.41, 5.74) is 0. The number of β-amino-alcohol motifs (C(OH)–C–C–N with tert-alkyl or cyclic N) is 1. The van der Waals surface area contributed by atoms with Crippen molar-refractivity contribution in [1.82, 2.24) is 10.2 Å². The fourth-order valence-corrected chi connectivity index (χ4v) is 2.35. The molecule has 0 unspecified atom stereocenters. The second-order valence-electron chi connectivity index (χ2n) is 3.99. The van der Waals surface area contributed by atoms with Crippen LogP contribution in [0.25, 0.3) is 0 Å². The molecule has 7 heteroatoms. The molecule has 2 amide bonds. The summed E-state index contributed by atoms with van der Waals surface area (Å²) in [5.74, 6) is 0.477. The van der Waals surface area contributed by atoms with E-state index in [-0.39, 0.29) is 13.0 Å². The number of hydrogen-bond acceptors (Lipinski definition) is 4. The minimum absolute atomic E-state index is 0.0720. The van der Waals surface area contributed by atoms with Crippen LogP contribution in [-0.4, -0.2) is 63.9 Å². The molecule has 0 aromatic rings. The number of carboxylic acid groups (broad SMARTS) is 1. The number of carboxylic acids is 1. The van der Waals surface area contributed by atoms with Crippen LogP contribution in [0.4, 0.5) is 4.79 Å². The van der Waals surface area contributed by atoms with E-state index >= 15 is 0 Å². The molecule has 0 radical (unpaired) electrons. The maximum atomic E-state index is 11.7. The Morgan fingerprint density at radius 3 is 2.89 bits per heavy atom. The van der Waals surface area contributed by atoms with Crippen molar-refractivity contribution >= 4 is 23.8 Å². The van der Waals surface area contributed by atoms with Crippen molar-refractivity contribution in [2.75, 3.05) is 24.6 Å². The van der Waals surface area contributed by atoms with Gasteiger partial charge in [-0.25, -0.2) is 9.59 Å². The van der Waals surface area contributed by atoms with Gasteiger partial charge in [-0.3, -0.25) is 0 Å². The predicted octanol–water partition coefficient (Wildman–Crippen LogP) is 0.135. The van der Waals surface area contributed by atoms with Crippen molar-refractivity contribution in [2.45, 2.75) is 18.6 Å². The number of thioether (sulfide) groups is 1. The summed E-state index contributed by atoms with van der Waals surface area (Å²) in [6, 6.07) is -1.36. The highest BCUT2D eigenvalue weighted by Gasteiger charge is 2.38. The maximum absolute atomic E-state index is 11.7. The van der Waals surface area contributed by atoms with Crippen LogP contribution in [-0.2, 0) is 4.79 Å². The van der Waals surface area contributed by atoms with Gasteiger partial charge in [0.05, 0.1) is 6.10 Å². The SMILES string of the molecule is C=CCSCCNC(=O)N1C[C@H](O)C[C@@H]1C(=O)O. The fourth-order valence-electron chi connectivity index (χ4n) is 1.77. The van der Waals surface area contributed by atoms with Crippen molar-refractivity contribution in [3.63, 3.8) is 0 Å². The molecule has 1 aliphatic rings. The number of likely N-dealkylation sites (tertiary alicyclic amines) is 1. The molecule has 102 valence electrons. The lowest BCUT2D eigenvalue weighted by Crippen LogP contribution is -2.46. The summed E-state index contributed by atoms with van der Waals surface area (Å²) in [5, 5.41) is 21.0. The van der Waals surface area contributed by atoms with E-state index in [0.717, 1.165) is 11.5 Å². The topological polar surface area (TPSA) is 89.9 Å². The predicted molar refractivity (Wildman–Crippen MR) is 69.7 cm³/mol. The Morgan fingerprint density at radius 2 is 2.28 bits per heavy atom. The average Bonchev–Trinajstić information content (AvgIpc) is 2.71. The van der Waals surface area contributed by atoms with Crippen LogP contribution >= 0.6 is 11.8 Å². The summed E-state index contributed by atoms with van der Waals surface area (Å²) in [6.07, 6.45) is 1.12. The summed E-state index contributed by atoms with van der Waals surface area (Å²) >= 11 is 1.63. The molecule has 0 spiro atoms. The minimum atomic E-state index is -1.08. The van der Waals surface area contributed by atoms with Crippen LogP contribution < -0.4 is 5.32 Å². The summed E-state index contributed by atoms with van der Waals surface area (Å²) < 4.78 is 0. The lowest BCUT2D eigenvalue weighted by molar-refractivity contribution is -0.141. The van der Waals surface area contributed by atoms with Gasteiger partial charge in [-0.15, -0.1) is 6.58 Å². The molecule has 1 aliphatic heterocycles. The Labute approximate surface area is 110 Å². The van der Waals surface area contributed by atoms with Gasteiger partial charge < -0.3 is 20.4 Å². The summed E-state index contributed by atoms with van der Waals surface area (Å²) in [7, 11) is 0. The lowest BCUT2D eigenvalue weighted by Gasteiger charge is -2.21. The molecule has 0 aliphatic carbocycles. The van der Waals surface area contributed by atoms with Gasteiger partial charge in [0.25, 0.3) is 0 Å². The van der Waals surface area contributed by atoms with Crippen LogP contribution in [0.1, 0.15) is 6.42 Å². The largest absolute Gasteiger partial charge is 0.480 e. The summed E-state index contributed by atoms with van der Waals surface area (Å²) in [6.45, 7) is 4.13. The second-order valence-corrected chi connectivity index (χ2v) is 5.14. The monoisotopic (exact) mass is 274 g/mol. The van der Waals surface area contributed by atoms with Gasteiger partial charge in [-0.2, -0.15) is 11.8 Å². The van der Waals surface area contributed by atoms with E-state index in [2.05, 4.69) is 11.9 Å². The fraction of sp³-hybridized carbons (Fsp3) is 0.636. The highest BCUT2D eigenvalue weighted by molar-refractivity contribution is 7.99. The standard InChI is InChI=1S/C11H18N2O4S/c1-2-4-18-5-3-12-11(17)13-7-8(14)6-9(13)10(15)16/h2,8-9,14H,1,3-7H2,(H,12,17)(H,15,16)/t8-,9-/m1/s1. The van der Waals surface area contributed by atoms with Crippen molar-refractivity contribution < 1.29 is 19.8 Å². The molecular weight excluding hydrogens is 256 g/mol. The third-order valence-corrected chi connectivity index (χ3v) is 3.55. The van der Waals surface area contributed by atoms with Crippen LogP contribution in [0.3, 0.4) is 0 Å². The highest BCUT2D eigenvalue weighted by Crippen LogP contribution is 2.17. The van der Waals surface area contributed by atoms with Crippen LogP contribution in [0, 0.1) is 0 Å². The molecule has 3 N–H and O–H groups in total. The van der Waals surface area contributed by atoms with Gasteiger partial charge in [0.15, 0.2) is 0 Å². The first-order valence-corrected chi connectivity index (χ1v) is 6.85. The van der Waals surface area contributed by atoms with Crippen molar-refractivity contribution in [2.24, 2.45) is 0 Å². The Bertz CT molecular complexity index is 324. The van der Waals surface area contributed by atoms with Crippen molar-refractivity contribution in [3.8, 4) is 0 Å². The first-order chi connectivity index (χ1) is 8.56. The second kappa shape index (κ2) is 7.27. The zero-order valence-electron chi connectivity index (χ0n) is 10.0. The van der Waals surface area contributed by atoms with Gasteiger partial charge in [-0.1, -0.05) is 6.08 Å². The van der Waals surface area contributed by atoms with Gasteiger partial charge in [0, 0.05) is 31.0 Å². The Kier molecular flexibility index (Phi) is 6.00. The zero-order valence-corrected chi connectivity index (χ0v) is 10.9. The van der Waals surface area contributed by atoms with Gasteiger partial charge in [0.2, 0.25) is 0 Å². The molecule has 18 heavy (non-hydrogen) atoms. The quantitative estimate of drug-likeness (QED) is 0.473. The van der Waals surface area contributed by atoms with Gasteiger partial charge in [0.1, 0.15) is 6.04 Å². The number of nitrogens with zero attached hydrogens (tertiary/aromatic N) is 1. The van der Waals surface area contributed by atoms with Crippen LogP contribution in [0.2, 0.25) is 0 Å². The lowest BCUT2D eigenvalue weighted by atomic mass is 10.2. The number of amides is 2. The Morgan fingerprint density at radius 1 is 1.56 bits per heavy atom. The smallest absolute Gasteiger partial charge is 0.326 e. The van der Waals surface area contributed by atoms with Crippen LogP contribution in [0.15, 0.2) is 12.7 Å². The minimum Gasteiger partial charge on any atom is -0.480 e. The van der Waals surface area contributed by atoms with E-state index in [4.69, 9.17) is 5.11 Å². The maximum Gasteiger partial charge on any atom is 0.326 e. The molecular formula is C11H18N2O4S. The van der Waals surface area contributed by atoms with E-state index in [9.17, 15) is 14.7 Å². The number of aliphatic carboxylic acids is 1. The molecule has 0 saturated carbocycles. The normalized spacial score (nSPS) is 22.8. The third kappa shape index (κ3) is 4.23. The zero-order chi connectivity index (χ0) is 13.5. The summed E-state index contributed by atoms with van der Waals surface area (Å²) in [4.78, 5) is 23.9. The van der Waals surface area contributed by atoms with E-state index < -0.39 is 24.1 Å². The number of carbonyl (C=O) groups is 2. The van der Waals surface area contributed by atoms with Gasteiger partial charge >= 0.3 is 12.0 Å². The Balaban J connectivity index is 2.35. The molecule has 1 saturated heterocycles. The molecule has 0 bridgehead atoms.